The van der Waals surface area contributed by atoms with Crippen molar-refractivity contribution in [3.8, 4) is 0 Å². The van der Waals surface area contributed by atoms with Crippen LogP contribution >= 0.6 is 0 Å². The highest BCUT2D eigenvalue weighted by atomic mass is 32.2. The molecule has 1 atom stereocenters. The van der Waals surface area contributed by atoms with Crippen molar-refractivity contribution in [1.29, 1.82) is 0 Å². The minimum Gasteiger partial charge on any atom is -0.293 e. The predicted molar refractivity (Wildman–Crippen MR) is 73.1 cm³/mol. The second-order valence-corrected chi connectivity index (χ2v) is 5.72. The Morgan fingerprint density at radius 1 is 1.15 bits per heavy atom. The molecule has 2 nitrogen and oxygen atoms in total. The topological polar surface area (TPSA) is 34.1 Å². The molecular weight excluding hydrogens is 282 g/mol. The van der Waals surface area contributed by atoms with Crippen molar-refractivity contribution < 1.29 is 17.8 Å². The average Bonchev–Trinajstić information content (AvgIpc) is 2.38. The van der Waals surface area contributed by atoms with Gasteiger partial charge in [-0.2, -0.15) is 0 Å². The summed E-state index contributed by atoms with van der Waals surface area (Å²) < 4.78 is 38.3. The van der Waals surface area contributed by atoms with Gasteiger partial charge in [0.05, 0.1) is 21.4 Å². The molecule has 2 rings (SSSR count). The van der Waals surface area contributed by atoms with Crippen molar-refractivity contribution in [1.82, 2.24) is 0 Å². The van der Waals surface area contributed by atoms with Gasteiger partial charge in [0, 0.05) is 11.6 Å². The molecule has 0 bridgehead atoms. The van der Waals surface area contributed by atoms with Crippen LogP contribution in [0.4, 0.5) is 8.78 Å². The van der Waals surface area contributed by atoms with Gasteiger partial charge in [0.15, 0.2) is 5.78 Å². The fourth-order valence-corrected chi connectivity index (χ4v) is 2.87. The van der Waals surface area contributed by atoms with E-state index in [4.69, 9.17) is 0 Å². The molecule has 2 aromatic carbocycles. The fraction of sp³-hybridized carbons (Fsp3) is 0.133. The van der Waals surface area contributed by atoms with Crippen molar-refractivity contribution in [2.75, 3.05) is 5.75 Å². The van der Waals surface area contributed by atoms with E-state index in [1.54, 1.807) is 31.2 Å². The zero-order valence-electron chi connectivity index (χ0n) is 10.7. The molecule has 0 amide bonds. The molecule has 0 N–H and O–H groups in total. The van der Waals surface area contributed by atoms with Crippen LogP contribution in [-0.4, -0.2) is 15.7 Å². The van der Waals surface area contributed by atoms with Crippen LogP contribution in [0.2, 0.25) is 0 Å². The van der Waals surface area contributed by atoms with Crippen molar-refractivity contribution in [2.24, 2.45) is 0 Å². The summed E-state index contributed by atoms with van der Waals surface area (Å²) in [7, 11) is -1.83. The molecule has 0 fully saturated rings. The van der Waals surface area contributed by atoms with E-state index in [-0.39, 0.29) is 16.4 Å². The highest BCUT2D eigenvalue weighted by Crippen LogP contribution is 2.16. The number of carbonyl (C=O) groups is 1. The van der Waals surface area contributed by atoms with Crippen LogP contribution in [0.1, 0.15) is 15.9 Å². The second-order valence-electron chi connectivity index (χ2n) is 4.30. The SMILES string of the molecule is Cc1ccccc1C(=O)CS(=O)c1ccc(F)cc1F. The maximum atomic E-state index is 13.5. The molecule has 0 spiro atoms. The van der Waals surface area contributed by atoms with E-state index in [9.17, 15) is 17.8 Å². The Morgan fingerprint density at radius 3 is 2.50 bits per heavy atom. The summed E-state index contributed by atoms with van der Waals surface area (Å²) in [5.74, 6) is -2.30. The molecule has 104 valence electrons. The number of hydrogen-bond acceptors (Lipinski definition) is 2. The second kappa shape index (κ2) is 6.05. The first kappa shape index (κ1) is 14.5. The lowest BCUT2D eigenvalue weighted by Crippen LogP contribution is -2.13. The van der Waals surface area contributed by atoms with Crippen LogP contribution < -0.4 is 0 Å². The third-order valence-corrected chi connectivity index (χ3v) is 4.19. The molecule has 20 heavy (non-hydrogen) atoms. The third-order valence-electron chi connectivity index (χ3n) is 2.85. The number of hydrogen-bond donors (Lipinski definition) is 0. The lowest BCUT2D eigenvalue weighted by molar-refractivity contribution is 0.102. The van der Waals surface area contributed by atoms with Gasteiger partial charge in [0.2, 0.25) is 0 Å². The first-order chi connectivity index (χ1) is 9.49. The van der Waals surface area contributed by atoms with Gasteiger partial charge in [-0.3, -0.25) is 9.00 Å². The number of ketones is 1. The van der Waals surface area contributed by atoms with Gasteiger partial charge < -0.3 is 0 Å². The number of Topliss-reactive ketones (excluding diaryl/α,β-unsaturated/α-hetero) is 1. The van der Waals surface area contributed by atoms with E-state index < -0.39 is 22.4 Å². The normalized spacial score (nSPS) is 12.2. The molecule has 0 aliphatic carbocycles. The van der Waals surface area contributed by atoms with Crippen LogP contribution in [0.5, 0.6) is 0 Å². The van der Waals surface area contributed by atoms with E-state index in [2.05, 4.69) is 0 Å². The summed E-state index contributed by atoms with van der Waals surface area (Å²) in [6.07, 6.45) is 0. The van der Waals surface area contributed by atoms with Crippen molar-refractivity contribution in [3.63, 3.8) is 0 Å². The van der Waals surface area contributed by atoms with Gasteiger partial charge in [-0.1, -0.05) is 24.3 Å². The van der Waals surface area contributed by atoms with Crippen LogP contribution in [-0.2, 0) is 10.8 Å². The number of aryl methyl sites for hydroxylation is 1. The van der Waals surface area contributed by atoms with Gasteiger partial charge >= 0.3 is 0 Å². The molecule has 5 heteroatoms. The Labute approximate surface area is 117 Å². The molecular formula is C15H12F2O2S. The zero-order valence-corrected chi connectivity index (χ0v) is 11.5. The monoisotopic (exact) mass is 294 g/mol. The molecule has 0 aliphatic heterocycles. The molecule has 0 aromatic heterocycles. The number of rotatable bonds is 4. The van der Waals surface area contributed by atoms with Gasteiger partial charge in [-0.25, -0.2) is 8.78 Å². The van der Waals surface area contributed by atoms with Gasteiger partial charge in [0.25, 0.3) is 0 Å². The fourth-order valence-electron chi connectivity index (χ4n) is 1.82. The summed E-state index contributed by atoms with van der Waals surface area (Å²) >= 11 is 0. The Kier molecular flexibility index (Phi) is 4.39. The maximum Gasteiger partial charge on any atom is 0.175 e. The number of carbonyl (C=O) groups excluding carboxylic acids is 1. The largest absolute Gasteiger partial charge is 0.293 e. The highest BCUT2D eigenvalue weighted by molar-refractivity contribution is 7.85. The summed E-state index contributed by atoms with van der Waals surface area (Å²) in [6, 6.07) is 9.70. The maximum absolute atomic E-state index is 13.5. The van der Waals surface area contributed by atoms with E-state index >= 15 is 0 Å². The minimum absolute atomic E-state index is 0.159. The van der Waals surface area contributed by atoms with E-state index in [0.29, 0.717) is 11.6 Å². The Hall–Kier alpha value is -1.88. The van der Waals surface area contributed by atoms with Crippen LogP contribution in [0.25, 0.3) is 0 Å². The molecule has 0 saturated carbocycles. The zero-order chi connectivity index (χ0) is 14.7. The third kappa shape index (κ3) is 3.17. The minimum atomic E-state index is -1.83. The lowest BCUT2D eigenvalue weighted by Gasteiger charge is -2.06. The molecule has 1 unspecified atom stereocenters. The molecule has 0 radical (unpaired) electrons. The van der Waals surface area contributed by atoms with Crippen LogP contribution in [0.15, 0.2) is 47.4 Å². The smallest absolute Gasteiger partial charge is 0.175 e. The Balaban J connectivity index is 2.20. The molecule has 0 heterocycles. The van der Waals surface area contributed by atoms with E-state index in [1.165, 1.54) is 0 Å². The summed E-state index contributed by atoms with van der Waals surface area (Å²) in [4.78, 5) is 11.9. The quantitative estimate of drug-likeness (QED) is 0.811. The van der Waals surface area contributed by atoms with Crippen LogP contribution in [0.3, 0.4) is 0 Å². The first-order valence-corrected chi connectivity index (χ1v) is 7.23. The highest BCUT2D eigenvalue weighted by Gasteiger charge is 2.17. The standard InChI is InChI=1S/C15H12F2O2S/c1-10-4-2-3-5-12(10)14(18)9-20(19)15-7-6-11(16)8-13(15)17/h2-8H,9H2,1H3. The lowest BCUT2D eigenvalue weighted by atomic mass is 10.1. The Bertz CT molecular complexity index is 683. The van der Waals surface area contributed by atoms with Crippen molar-refractivity contribution in [3.05, 3.63) is 65.2 Å². The summed E-state index contributed by atoms with van der Waals surface area (Å²) in [5.41, 5.74) is 1.23. The molecule has 0 aliphatic rings. The number of benzene rings is 2. The Morgan fingerprint density at radius 2 is 1.85 bits per heavy atom. The summed E-state index contributed by atoms with van der Waals surface area (Å²) in [5, 5.41) is 0. The van der Waals surface area contributed by atoms with E-state index in [0.717, 1.165) is 17.7 Å². The van der Waals surface area contributed by atoms with Crippen molar-refractivity contribution in [2.45, 2.75) is 11.8 Å². The van der Waals surface area contributed by atoms with Gasteiger partial charge in [-0.05, 0) is 24.6 Å². The van der Waals surface area contributed by atoms with E-state index in [1.807, 2.05) is 0 Å². The first-order valence-electron chi connectivity index (χ1n) is 5.91. The van der Waals surface area contributed by atoms with Crippen molar-refractivity contribution >= 4 is 16.6 Å². The van der Waals surface area contributed by atoms with Gasteiger partial charge in [0.1, 0.15) is 11.6 Å². The predicted octanol–water partition coefficient (Wildman–Crippen LogP) is 3.26. The molecule has 2 aromatic rings. The number of halogens is 2. The van der Waals surface area contributed by atoms with Gasteiger partial charge in [-0.15, -0.1) is 0 Å². The molecule has 0 saturated heterocycles. The average molecular weight is 294 g/mol. The summed E-state index contributed by atoms with van der Waals surface area (Å²) in [6.45, 7) is 1.77. The van der Waals surface area contributed by atoms with Crippen LogP contribution in [0, 0.1) is 18.6 Å².